The predicted molar refractivity (Wildman–Crippen MR) is 228 cm³/mol. The van der Waals surface area contributed by atoms with Crippen LogP contribution in [-0.4, -0.2) is 123 Å². The average molecular weight is 840 g/mol. The van der Waals surface area contributed by atoms with Crippen molar-refractivity contribution in [3.8, 4) is 0 Å². The highest BCUT2D eigenvalue weighted by atomic mass is 16.6. The number of fused-ring (bicyclic) bond motifs is 2. The quantitative estimate of drug-likeness (QED) is 0.0791. The molecule has 5 saturated carbocycles. The van der Waals surface area contributed by atoms with Crippen LogP contribution in [0.15, 0.2) is 30.3 Å². The number of hydrogen-bond donors (Lipinski definition) is 2. The Morgan fingerprint density at radius 3 is 1.98 bits per heavy atom. The zero-order valence-electron chi connectivity index (χ0n) is 37.6. The number of aliphatic hydroxyl groups excluding tert-OH is 1. The molecule has 1 aromatic rings. The topological polar surface area (TPSA) is 133 Å². The molecule has 0 radical (unpaired) electrons. The van der Waals surface area contributed by atoms with E-state index >= 15 is 0 Å². The van der Waals surface area contributed by atoms with Crippen LogP contribution in [0, 0.1) is 34.5 Å². The zero-order valence-corrected chi connectivity index (χ0v) is 37.6. The largest absolute Gasteiger partial charge is 0.455 e. The van der Waals surface area contributed by atoms with Gasteiger partial charge < -0.3 is 43.5 Å². The van der Waals surface area contributed by atoms with E-state index in [1.807, 2.05) is 6.07 Å². The van der Waals surface area contributed by atoms with E-state index in [1.54, 1.807) is 45.6 Å². The van der Waals surface area contributed by atoms with Gasteiger partial charge in [0.1, 0.15) is 23.9 Å². The number of ether oxygens (including phenoxy) is 6. The van der Waals surface area contributed by atoms with Crippen LogP contribution in [0.2, 0.25) is 0 Å². The Morgan fingerprint density at radius 1 is 0.800 bits per heavy atom. The monoisotopic (exact) mass is 840 g/mol. The van der Waals surface area contributed by atoms with Crippen LogP contribution in [-0.2, 0) is 33.2 Å². The van der Waals surface area contributed by atoms with Crippen LogP contribution in [0.1, 0.15) is 139 Å². The molecule has 6 aliphatic rings. The van der Waals surface area contributed by atoms with Gasteiger partial charge in [0.2, 0.25) is 0 Å². The second-order valence-electron chi connectivity index (χ2n) is 19.8. The zero-order chi connectivity index (χ0) is 42.7. The maximum atomic E-state index is 14.5. The maximum absolute atomic E-state index is 14.5. The van der Waals surface area contributed by atoms with Crippen molar-refractivity contribution >= 4 is 11.9 Å². The Hall–Kier alpha value is -2.12. The molecule has 7 rings (SSSR count). The van der Waals surface area contributed by atoms with Crippen LogP contribution in [0.5, 0.6) is 0 Å². The summed E-state index contributed by atoms with van der Waals surface area (Å²) in [6, 6.07) is 8.54. The first-order chi connectivity index (χ1) is 29.1. The Bertz CT molecular complexity index is 1580. The summed E-state index contributed by atoms with van der Waals surface area (Å²) in [6.45, 7) is 3.51. The number of likely N-dealkylation sites (tertiary alicyclic amines) is 1. The van der Waals surface area contributed by atoms with E-state index in [9.17, 15) is 19.8 Å². The van der Waals surface area contributed by atoms with Gasteiger partial charge in [-0.1, -0.05) is 115 Å². The van der Waals surface area contributed by atoms with Crippen molar-refractivity contribution in [2.75, 3.05) is 48.6 Å². The summed E-state index contributed by atoms with van der Waals surface area (Å²) in [4.78, 5) is 30.9. The normalized spacial score (nSPS) is 39.8. The van der Waals surface area contributed by atoms with Crippen molar-refractivity contribution in [2.45, 2.75) is 177 Å². The molecule has 338 valence electrons. The van der Waals surface area contributed by atoms with E-state index in [2.05, 4.69) is 18.9 Å². The van der Waals surface area contributed by atoms with Crippen LogP contribution in [0.3, 0.4) is 0 Å². The minimum atomic E-state index is -1.77. The van der Waals surface area contributed by atoms with E-state index in [0.717, 1.165) is 38.6 Å². The second-order valence-corrected chi connectivity index (χ2v) is 19.8. The van der Waals surface area contributed by atoms with Crippen LogP contribution in [0.25, 0.3) is 0 Å². The van der Waals surface area contributed by atoms with Gasteiger partial charge in [-0.2, -0.15) is 0 Å². The molecule has 11 heteroatoms. The molecule has 2 N–H and O–H groups in total. The van der Waals surface area contributed by atoms with Gasteiger partial charge in [0.15, 0.2) is 5.60 Å². The van der Waals surface area contributed by atoms with Crippen LogP contribution in [0.4, 0.5) is 0 Å². The lowest BCUT2D eigenvalue weighted by Crippen LogP contribution is -2.80. The number of benzene rings is 1. The number of methoxy groups -OCH3 is 4. The van der Waals surface area contributed by atoms with Gasteiger partial charge in [-0.3, -0.25) is 4.79 Å². The number of nitrogens with zero attached hydrogens (tertiary/aromatic N) is 1. The number of piperidine rings is 1. The minimum Gasteiger partial charge on any atom is -0.455 e. The molecule has 7 bridgehead atoms. The Kier molecular flexibility index (Phi) is 14.8. The molecule has 60 heavy (non-hydrogen) atoms. The first kappa shape index (κ1) is 45.9. The molecule has 1 saturated heterocycles. The number of unbranched alkanes of at least 4 members (excludes halogenated alkanes) is 14. The lowest BCUT2D eigenvalue weighted by molar-refractivity contribution is -0.317. The van der Waals surface area contributed by atoms with E-state index in [4.69, 9.17) is 28.4 Å². The van der Waals surface area contributed by atoms with Gasteiger partial charge in [0, 0.05) is 76.0 Å². The number of rotatable bonds is 24. The Morgan fingerprint density at radius 2 is 1.42 bits per heavy atom. The fourth-order valence-electron chi connectivity index (χ4n) is 14.9. The van der Waals surface area contributed by atoms with Crippen molar-refractivity contribution in [1.29, 1.82) is 0 Å². The van der Waals surface area contributed by atoms with Crippen molar-refractivity contribution in [2.24, 2.45) is 34.5 Å². The van der Waals surface area contributed by atoms with Gasteiger partial charge in [0.05, 0.1) is 24.4 Å². The molecule has 1 heterocycles. The van der Waals surface area contributed by atoms with Crippen LogP contribution >= 0.6 is 0 Å². The third-order valence-electron chi connectivity index (χ3n) is 16.7. The number of aliphatic hydroxyl groups is 2. The fraction of sp³-hybridized carbons (Fsp3) is 0.837. The molecule has 1 aliphatic heterocycles. The molecule has 11 nitrogen and oxygen atoms in total. The molecule has 0 unspecified atom stereocenters. The average Bonchev–Trinajstić information content (AvgIpc) is 3.64. The molecule has 1 aromatic carbocycles. The Labute approximate surface area is 359 Å². The first-order valence-electron chi connectivity index (χ1n) is 23.7. The minimum absolute atomic E-state index is 0.109. The summed E-state index contributed by atoms with van der Waals surface area (Å²) in [6.07, 6.45) is 16.0. The molecule has 14 atom stereocenters. The van der Waals surface area contributed by atoms with E-state index in [1.165, 1.54) is 77.7 Å². The van der Waals surface area contributed by atoms with E-state index in [0.29, 0.717) is 18.6 Å². The van der Waals surface area contributed by atoms with Crippen molar-refractivity contribution in [3.63, 3.8) is 0 Å². The number of carbonyl (C=O) groups excluding carboxylic acids is 2. The molecule has 1 spiro atoms. The molecule has 6 fully saturated rings. The molecule has 5 aliphatic carbocycles. The highest BCUT2D eigenvalue weighted by Crippen LogP contribution is 2.80. The van der Waals surface area contributed by atoms with E-state index in [-0.39, 0.29) is 42.2 Å². The predicted octanol–water partition coefficient (Wildman–Crippen LogP) is 7.53. The molecule has 0 aromatic heterocycles. The molecule has 0 amide bonds. The number of esters is 2. The molecular weight excluding hydrogens is 763 g/mol. The van der Waals surface area contributed by atoms with Gasteiger partial charge >= 0.3 is 11.9 Å². The summed E-state index contributed by atoms with van der Waals surface area (Å²) >= 11 is 0. The SMILES string of the molecule is CCCCCCCCCCCCCCCCCC(=O)O[C@]12[C@H]3[C@@H](OC(=O)c4ccccc4)[C@@](O)(C[C@H]3[C@@]34[C@@H](OC)CC[C@@]5(COC)CN(C)[C@@H]3[C@@H]1[C@H](OC)[C@H]54)[C@@H](OC)[C@@H]2O. The summed E-state index contributed by atoms with van der Waals surface area (Å²) in [7, 11) is 8.82. The smallest absolute Gasteiger partial charge is 0.338 e. The third-order valence-corrected chi connectivity index (χ3v) is 16.7. The van der Waals surface area contributed by atoms with Crippen molar-refractivity contribution in [1.82, 2.24) is 4.90 Å². The lowest BCUT2D eigenvalue weighted by atomic mass is 9.43. The van der Waals surface area contributed by atoms with Crippen molar-refractivity contribution < 1.29 is 48.2 Å². The number of hydrogen-bond acceptors (Lipinski definition) is 11. The Balaban J connectivity index is 1.14. The van der Waals surface area contributed by atoms with Gasteiger partial charge in [0.25, 0.3) is 0 Å². The summed E-state index contributed by atoms with van der Waals surface area (Å²) in [5.41, 5.74) is -3.96. The van der Waals surface area contributed by atoms with Gasteiger partial charge in [-0.25, -0.2) is 4.79 Å². The number of carbonyl (C=O) groups is 2. The standard InChI is InChI=1S/C49H77NO10/c1-7-8-9-10-11-12-13-14-15-16-17-18-19-20-24-27-36(51)60-49-37-34(30-47(54,44(58-6)42(49)52)43(37)59-45(53)33-25-22-21-23-26-33)48-35(56-4)28-29-46(32-55-3)31-50(2)41(48)38(49)39(57-5)40(46)48/h21-23,25-26,34-35,37-44,52,54H,7-20,24,27-32H2,1-6H3/t34-,35+,37-,38+,39+,40-,41-,42+,43-,44+,46+,47+,48+,49-/m1/s1. The summed E-state index contributed by atoms with van der Waals surface area (Å²) in [5.74, 6) is -2.78. The fourth-order valence-corrected chi connectivity index (χ4v) is 14.9. The first-order valence-corrected chi connectivity index (χ1v) is 23.7. The molecular formula is C49H77NO10. The van der Waals surface area contributed by atoms with Gasteiger partial charge in [-0.15, -0.1) is 0 Å². The van der Waals surface area contributed by atoms with Gasteiger partial charge in [-0.05, 0) is 50.8 Å². The summed E-state index contributed by atoms with van der Waals surface area (Å²) < 4.78 is 38.8. The highest BCUT2D eigenvalue weighted by molar-refractivity contribution is 5.89. The highest BCUT2D eigenvalue weighted by Gasteiger charge is 2.91. The third kappa shape index (κ3) is 7.49. The summed E-state index contributed by atoms with van der Waals surface area (Å²) in [5, 5.41) is 26.0. The van der Waals surface area contributed by atoms with E-state index < -0.39 is 64.8 Å². The van der Waals surface area contributed by atoms with Crippen molar-refractivity contribution in [3.05, 3.63) is 35.9 Å². The maximum Gasteiger partial charge on any atom is 0.338 e. The van der Waals surface area contributed by atoms with Crippen LogP contribution < -0.4 is 0 Å². The lowest BCUT2D eigenvalue weighted by Gasteiger charge is -2.69. The second kappa shape index (κ2) is 19.3.